The second-order valence-corrected chi connectivity index (χ2v) is 4.90. The Hall–Kier alpha value is -1.12. The fourth-order valence-electron chi connectivity index (χ4n) is 1.07. The van der Waals surface area contributed by atoms with Crippen LogP contribution in [0, 0.1) is 0 Å². The fourth-order valence-corrected chi connectivity index (χ4v) is 2.57. The predicted octanol–water partition coefficient (Wildman–Crippen LogP) is 0.0566. The zero-order chi connectivity index (χ0) is 9.10. The molecule has 0 unspecified atom stereocenters. The molecule has 0 atom stereocenters. The summed E-state index contributed by atoms with van der Waals surface area (Å²) in [5.41, 5.74) is 5.49. The minimum atomic E-state index is 0.536. The van der Waals surface area contributed by atoms with Gasteiger partial charge in [0, 0.05) is 0 Å². The van der Waals surface area contributed by atoms with Gasteiger partial charge in [0.25, 0.3) is 0 Å². The first-order valence-corrected chi connectivity index (χ1v) is 5.82. The summed E-state index contributed by atoms with van der Waals surface area (Å²) in [6, 6.07) is 6.10. The number of hydrogen-bond donors (Lipinski definition) is 1. The molecule has 2 N–H and O–H groups in total. The molecule has 0 aliphatic carbocycles. The molecular weight excluding hydrogens is 229 g/mol. The topological polar surface area (TPSA) is 42.8 Å². The average molecular weight is 239 g/mol. The Morgan fingerprint density at radius 2 is 2.38 bits per heavy atom. The number of hydrogen-bond acceptors (Lipinski definition) is 2. The minimum absolute atomic E-state index is 0.536. The van der Waals surface area contributed by atoms with Gasteiger partial charge >= 0.3 is 82.3 Å². The molecule has 2 rings (SSSR count). The third-order valence-electron chi connectivity index (χ3n) is 1.71. The molecule has 0 spiro atoms. The number of nitrogen functional groups attached to an aromatic ring is 1. The molecule has 0 fully saturated rings. The van der Waals surface area contributed by atoms with Crippen molar-refractivity contribution in [3.63, 3.8) is 0 Å². The van der Waals surface area contributed by atoms with Crippen molar-refractivity contribution in [1.29, 1.82) is 0 Å². The number of nitrogens with two attached hydrogens (primary N) is 1. The monoisotopic (exact) mass is 240 g/mol. The molecule has 0 radical (unpaired) electrons. The van der Waals surface area contributed by atoms with Gasteiger partial charge in [-0.15, -0.1) is 0 Å². The van der Waals surface area contributed by atoms with Crippen LogP contribution in [0.15, 0.2) is 35.7 Å². The molecule has 2 heterocycles. The molecule has 0 bridgehead atoms. The molecule has 0 aromatic carbocycles. The normalized spacial score (nSPS) is 10.2. The fraction of sp³-hybridized carbons (Fsp3) is 0.111. The summed E-state index contributed by atoms with van der Waals surface area (Å²) in [5.74, 6) is 0.570. The Morgan fingerprint density at radius 1 is 1.46 bits per heavy atom. The van der Waals surface area contributed by atoms with E-state index < -0.39 is 0 Å². The van der Waals surface area contributed by atoms with Crippen molar-refractivity contribution in [3.05, 3.63) is 40.1 Å². The van der Waals surface area contributed by atoms with Crippen molar-refractivity contribution in [2.75, 3.05) is 5.73 Å². The van der Waals surface area contributed by atoms with Crippen molar-refractivity contribution in [3.8, 4) is 0 Å². The van der Waals surface area contributed by atoms with E-state index >= 15 is 0 Å². The van der Waals surface area contributed by atoms with E-state index in [1.165, 1.54) is 4.44 Å². The van der Waals surface area contributed by atoms with Gasteiger partial charge in [-0.05, 0) is 0 Å². The summed E-state index contributed by atoms with van der Waals surface area (Å²) in [5, 5.41) is 0. The number of rotatable bonds is 2. The van der Waals surface area contributed by atoms with E-state index in [0.29, 0.717) is 20.3 Å². The van der Waals surface area contributed by atoms with E-state index in [1.807, 2.05) is 16.8 Å². The Kier molecular flexibility index (Phi) is 2.43. The van der Waals surface area contributed by atoms with Crippen LogP contribution in [0.4, 0.5) is 5.82 Å². The summed E-state index contributed by atoms with van der Waals surface area (Å²) in [6.07, 6.45) is 3.72. The molecule has 4 heteroatoms. The van der Waals surface area contributed by atoms with E-state index in [0.717, 1.165) is 6.54 Å². The molecule has 2 aromatic rings. The zero-order valence-electron chi connectivity index (χ0n) is 7.05. The molecule has 66 valence electrons. The zero-order valence-corrected chi connectivity index (χ0v) is 8.76. The van der Waals surface area contributed by atoms with Crippen molar-refractivity contribution in [2.45, 2.75) is 6.54 Å². The summed E-state index contributed by atoms with van der Waals surface area (Å²) in [7, 11) is 0. The van der Waals surface area contributed by atoms with Gasteiger partial charge in [0.1, 0.15) is 0 Å². The van der Waals surface area contributed by atoms with Crippen LogP contribution < -0.4 is 10.3 Å². The van der Waals surface area contributed by atoms with Gasteiger partial charge in [0.05, 0.1) is 0 Å². The maximum absolute atomic E-state index is 5.49. The van der Waals surface area contributed by atoms with Crippen molar-refractivity contribution in [1.82, 2.24) is 4.98 Å². The first-order chi connectivity index (χ1) is 6.34. The Bertz CT molecular complexity index is 366. The van der Waals surface area contributed by atoms with Crippen LogP contribution in [-0.4, -0.2) is 19.5 Å². The van der Waals surface area contributed by atoms with Gasteiger partial charge in [-0.1, -0.05) is 0 Å². The van der Waals surface area contributed by atoms with Crippen molar-refractivity contribution < 1.29 is 4.57 Å². The van der Waals surface area contributed by atoms with E-state index in [9.17, 15) is 0 Å². The quantitative estimate of drug-likeness (QED) is 0.594. The average Bonchev–Trinajstić information content (AvgIpc) is 2.62. The molecule has 13 heavy (non-hydrogen) atoms. The molecule has 2 aromatic heterocycles. The molecule has 0 saturated heterocycles. The summed E-state index contributed by atoms with van der Waals surface area (Å²) in [6.45, 7) is 0.931. The third-order valence-corrected chi connectivity index (χ3v) is 3.52. The van der Waals surface area contributed by atoms with Crippen LogP contribution in [-0.2, 0) is 6.54 Å². The maximum atomic E-state index is 5.49. The number of anilines is 1. The Labute approximate surface area is 82.6 Å². The number of aromatic nitrogens is 2. The van der Waals surface area contributed by atoms with Gasteiger partial charge in [-0.3, -0.25) is 0 Å². The van der Waals surface area contributed by atoms with Gasteiger partial charge in [0.2, 0.25) is 0 Å². The van der Waals surface area contributed by atoms with Crippen molar-refractivity contribution in [2.24, 2.45) is 0 Å². The van der Waals surface area contributed by atoms with Gasteiger partial charge in [-0.2, -0.15) is 0 Å². The van der Waals surface area contributed by atoms with Crippen LogP contribution in [0.1, 0.15) is 4.44 Å². The first-order valence-electron chi connectivity index (χ1n) is 3.97. The molecule has 0 aliphatic rings. The summed E-state index contributed by atoms with van der Waals surface area (Å²) >= 11 is 0.536. The molecule has 0 aliphatic heterocycles. The van der Waals surface area contributed by atoms with E-state index in [-0.39, 0.29) is 0 Å². The molecular formula is C9H10N3Se+. The van der Waals surface area contributed by atoms with Gasteiger partial charge in [0.15, 0.2) is 0 Å². The summed E-state index contributed by atoms with van der Waals surface area (Å²) in [4.78, 5) is 6.24. The molecule has 3 nitrogen and oxygen atoms in total. The summed E-state index contributed by atoms with van der Waals surface area (Å²) < 4.78 is 3.50. The Morgan fingerprint density at radius 3 is 3.00 bits per heavy atom. The van der Waals surface area contributed by atoms with E-state index in [1.54, 1.807) is 6.33 Å². The van der Waals surface area contributed by atoms with E-state index in [4.69, 9.17) is 5.73 Å². The van der Waals surface area contributed by atoms with Crippen LogP contribution in [0.2, 0.25) is 0 Å². The van der Waals surface area contributed by atoms with Crippen LogP contribution >= 0.6 is 0 Å². The standard InChI is InChI=1S/C9H9N3Se/c10-9-3-4-12(7-11-9)6-8-2-1-5-13-8/h1-5,7,10H,6H2/p+1. The second-order valence-electron chi connectivity index (χ2n) is 2.74. The van der Waals surface area contributed by atoms with Crippen LogP contribution in [0.3, 0.4) is 0 Å². The molecule has 0 amide bonds. The van der Waals surface area contributed by atoms with Crippen LogP contribution in [0.25, 0.3) is 0 Å². The van der Waals surface area contributed by atoms with Crippen molar-refractivity contribution >= 4 is 20.3 Å². The number of nitrogens with zero attached hydrogens (tertiary/aromatic N) is 2. The van der Waals surface area contributed by atoms with Gasteiger partial charge in [-0.25, -0.2) is 0 Å². The predicted molar refractivity (Wildman–Crippen MR) is 51.3 cm³/mol. The second kappa shape index (κ2) is 3.73. The Balaban J connectivity index is 2.15. The SMILES string of the molecule is Nc1cc[n+](Cc2ccc[se]2)cn1. The van der Waals surface area contributed by atoms with Crippen LogP contribution in [0.5, 0.6) is 0 Å². The van der Waals surface area contributed by atoms with E-state index in [2.05, 4.69) is 22.1 Å². The van der Waals surface area contributed by atoms with Gasteiger partial charge < -0.3 is 0 Å². The molecule has 0 saturated carbocycles. The third kappa shape index (κ3) is 2.17. The first kappa shape index (κ1) is 8.48.